The van der Waals surface area contributed by atoms with Crippen molar-refractivity contribution in [3.05, 3.63) is 29.3 Å². The van der Waals surface area contributed by atoms with Crippen LogP contribution in [0, 0.1) is 13.8 Å². The van der Waals surface area contributed by atoms with Gasteiger partial charge in [-0.05, 0) is 49.9 Å². The Kier molecular flexibility index (Phi) is 4.99. The van der Waals surface area contributed by atoms with Gasteiger partial charge >= 0.3 is 5.97 Å². The van der Waals surface area contributed by atoms with Gasteiger partial charge in [0.05, 0.1) is 0 Å². The van der Waals surface area contributed by atoms with Crippen LogP contribution in [0.25, 0.3) is 0 Å². The molecule has 0 aromatic heterocycles. The highest BCUT2D eigenvalue weighted by Gasteiger charge is 2.05. The standard InChI is InChI=1S/C13H18O3/c1-10-6-7-12(9-11(10)2)16-13(15)5-3-4-8-14/h6-7,9,14H,3-5,8H2,1-2H3. The highest BCUT2D eigenvalue weighted by atomic mass is 16.5. The molecular formula is C13H18O3. The number of ether oxygens (including phenoxy) is 1. The molecule has 1 aromatic rings. The summed E-state index contributed by atoms with van der Waals surface area (Å²) < 4.78 is 5.18. The summed E-state index contributed by atoms with van der Waals surface area (Å²) in [6.45, 7) is 4.12. The average Bonchev–Trinajstić information content (AvgIpc) is 2.24. The van der Waals surface area contributed by atoms with Crippen LogP contribution in [0.4, 0.5) is 0 Å². The fourth-order valence-corrected chi connectivity index (χ4v) is 1.34. The number of aliphatic hydroxyl groups is 1. The maximum atomic E-state index is 11.4. The first-order valence-corrected chi connectivity index (χ1v) is 5.52. The van der Waals surface area contributed by atoms with Gasteiger partial charge in [-0.15, -0.1) is 0 Å². The van der Waals surface area contributed by atoms with E-state index in [2.05, 4.69) is 0 Å². The molecule has 3 heteroatoms. The Labute approximate surface area is 96.1 Å². The molecule has 0 fully saturated rings. The van der Waals surface area contributed by atoms with Gasteiger partial charge in [0, 0.05) is 13.0 Å². The Hall–Kier alpha value is -1.35. The van der Waals surface area contributed by atoms with Crippen molar-refractivity contribution in [3.63, 3.8) is 0 Å². The summed E-state index contributed by atoms with van der Waals surface area (Å²) >= 11 is 0. The summed E-state index contributed by atoms with van der Waals surface area (Å²) in [5, 5.41) is 8.58. The molecule has 0 aliphatic rings. The van der Waals surface area contributed by atoms with E-state index in [1.165, 1.54) is 5.56 Å². The molecule has 0 radical (unpaired) electrons. The first kappa shape index (κ1) is 12.7. The molecule has 0 amide bonds. The molecule has 0 heterocycles. The molecule has 0 saturated heterocycles. The van der Waals surface area contributed by atoms with Crippen molar-refractivity contribution >= 4 is 5.97 Å². The number of hydrogen-bond donors (Lipinski definition) is 1. The van der Waals surface area contributed by atoms with Gasteiger partial charge in [-0.3, -0.25) is 4.79 Å². The number of rotatable bonds is 5. The van der Waals surface area contributed by atoms with Gasteiger partial charge in [-0.1, -0.05) is 6.07 Å². The molecule has 1 aromatic carbocycles. The highest BCUT2D eigenvalue weighted by molar-refractivity contribution is 5.72. The molecule has 0 atom stereocenters. The number of aliphatic hydroxyl groups excluding tert-OH is 1. The lowest BCUT2D eigenvalue weighted by molar-refractivity contribution is -0.134. The average molecular weight is 222 g/mol. The molecule has 1 N–H and O–H groups in total. The first-order valence-electron chi connectivity index (χ1n) is 5.52. The lowest BCUT2D eigenvalue weighted by Crippen LogP contribution is -2.08. The minimum atomic E-state index is -0.239. The molecule has 0 bridgehead atoms. The largest absolute Gasteiger partial charge is 0.427 e. The van der Waals surface area contributed by atoms with Crippen molar-refractivity contribution in [2.75, 3.05) is 6.61 Å². The van der Waals surface area contributed by atoms with Crippen LogP contribution in [0.5, 0.6) is 5.75 Å². The minimum absolute atomic E-state index is 0.122. The maximum Gasteiger partial charge on any atom is 0.311 e. The normalized spacial score (nSPS) is 10.2. The van der Waals surface area contributed by atoms with E-state index in [1.54, 1.807) is 6.07 Å². The van der Waals surface area contributed by atoms with E-state index in [1.807, 2.05) is 26.0 Å². The third-order valence-electron chi connectivity index (χ3n) is 2.50. The van der Waals surface area contributed by atoms with Crippen LogP contribution in [0.2, 0.25) is 0 Å². The second-order valence-electron chi connectivity index (χ2n) is 3.90. The topological polar surface area (TPSA) is 46.5 Å². The molecule has 1 rings (SSSR count). The predicted molar refractivity (Wildman–Crippen MR) is 62.5 cm³/mol. The van der Waals surface area contributed by atoms with Crippen molar-refractivity contribution in [1.29, 1.82) is 0 Å². The number of esters is 1. The summed E-state index contributed by atoms with van der Waals surface area (Å²) in [5.41, 5.74) is 2.29. The lowest BCUT2D eigenvalue weighted by Gasteiger charge is -2.06. The van der Waals surface area contributed by atoms with E-state index in [0.29, 0.717) is 25.0 Å². The van der Waals surface area contributed by atoms with Gasteiger partial charge in [0.25, 0.3) is 0 Å². The third-order valence-corrected chi connectivity index (χ3v) is 2.50. The Morgan fingerprint density at radius 1 is 1.25 bits per heavy atom. The zero-order valence-corrected chi connectivity index (χ0v) is 9.82. The Balaban J connectivity index is 2.46. The van der Waals surface area contributed by atoms with Gasteiger partial charge in [-0.25, -0.2) is 0 Å². The molecule has 16 heavy (non-hydrogen) atoms. The van der Waals surface area contributed by atoms with Crippen molar-refractivity contribution in [2.24, 2.45) is 0 Å². The highest BCUT2D eigenvalue weighted by Crippen LogP contribution is 2.17. The van der Waals surface area contributed by atoms with E-state index < -0.39 is 0 Å². The Bertz CT molecular complexity index is 358. The molecule has 0 spiro atoms. The third kappa shape index (κ3) is 4.03. The second kappa shape index (κ2) is 6.28. The number of hydrogen-bond acceptors (Lipinski definition) is 3. The minimum Gasteiger partial charge on any atom is -0.427 e. The van der Waals surface area contributed by atoms with Crippen LogP contribution in [-0.2, 0) is 4.79 Å². The number of unbranched alkanes of at least 4 members (excludes halogenated alkanes) is 1. The summed E-state index contributed by atoms with van der Waals surface area (Å²) in [6, 6.07) is 5.59. The van der Waals surface area contributed by atoms with E-state index >= 15 is 0 Å². The summed E-state index contributed by atoms with van der Waals surface area (Å²) in [6.07, 6.45) is 1.66. The smallest absolute Gasteiger partial charge is 0.311 e. The summed E-state index contributed by atoms with van der Waals surface area (Å²) in [7, 11) is 0. The Morgan fingerprint density at radius 2 is 2.00 bits per heavy atom. The Morgan fingerprint density at radius 3 is 2.62 bits per heavy atom. The van der Waals surface area contributed by atoms with Crippen molar-refractivity contribution in [2.45, 2.75) is 33.1 Å². The quantitative estimate of drug-likeness (QED) is 0.472. The SMILES string of the molecule is Cc1ccc(OC(=O)CCCCO)cc1C. The van der Waals surface area contributed by atoms with Gasteiger partial charge < -0.3 is 9.84 Å². The van der Waals surface area contributed by atoms with Crippen LogP contribution in [0.15, 0.2) is 18.2 Å². The zero-order valence-electron chi connectivity index (χ0n) is 9.82. The number of carbonyl (C=O) groups is 1. The summed E-state index contributed by atoms with van der Waals surface area (Å²) in [4.78, 5) is 11.4. The van der Waals surface area contributed by atoms with E-state index in [-0.39, 0.29) is 12.6 Å². The number of aryl methyl sites for hydroxylation is 2. The molecular weight excluding hydrogens is 204 g/mol. The van der Waals surface area contributed by atoms with Crippen LogP contribution in [0.3, 0.4) is 0 Å². The van der Waals surface area contributed by atoms with Crippen molar-refractivity contribution in [1.82, 2.24) is 0 Å². The van der Waals surface area contributed by atoms with Crippen molar-refractivity contribution < 1.29 is 14.6 Å². The van der Waals surface area contributed by atoms with Gasteiger partial charge in [0.15, 0.2) is 0 Å². The molecule has 0 aliphatic heterocycles. The second-order valence-corrected chi connectivity index (χ2v) is 3.90. The van der Waals surface area contributed by atoms with Crippen molar-refractivity contribution in [3.8, 4) is 5.75 Å². The fourth-order valence-electron chi connectivity index (χ4n) is 1.34. The van der Waals surface area contributed by atoms with E-state index in [0.717, 1.165) is 5.56 Å². The number of carbonyl (C=O) groups excluding carboxylic acids is 1. The van der Waals surface area contributed by atoms with Crippen LogP contribution < -0.4 is 4.74 Å². The molecule has 88 valence electrons. The van der Waals surface area contributed by atoms with E-state index in [4.69, 9.17) is 9.84 Å². The predicted octanol–water partition coefficient (Wildman–Crippen LogP) is 2.37. The zero-order chi connectivity index (χ0) is 12.0. The summed E-state index contributed by atoms with van der Waals surface area (Å²) in [5.74, 6) is 0.355. The lowest BCUT2D eigenvalue weighted by atomic mass is 10.1. The fraction of sp³-hybridized carbons (Fsp3) is 0.462. The van der Waals surface area contributed by atoms with Crippen LogP contribution in [0.1, 0.15) is 30.4 Å². The van der Waals surface area contributed by atoms with Gasteiger partial charge in [0.1, 0.15) is 5.75 Å². The maximum absolute atomic E-state index is 11.4. The van der Waals surface area contributed by atoms with Gasteiger partial charge in [0.2, 0.25) is 0 Å². The number of benzene rings is 1. The van der Waals surface area contributed by atoms with Crippen LogP contribution >= 0.6 is 0 Å². The molecule has 0 unspecified atom stereocenters. The van der Waals surface area contributed by atoms with E-state index in [9.17, 15) is 4.79 Å². The molecule has 0 saturated carbocycles. The monoisotopic (exact) mass is 222 g/mol. The first-order chi connectivity index (χ1) is 7.63. The molecule has 3 nitrogen and oxygen atoms in total. The molecule has 0 aliphatic carbocycles. The van der Waals surface area contributed by atoms with Crippen LogP contribution in [-0.4, -0.2) is 17.7 Å². The van der Waals surface area contributed by atoms with Gasteiger partial charge in [-0.2, -0.15) is 0 Å².